The number of fused-ring (bicyclic) bond motifs is 3. The van der Waals surface area contributed by atoms with Crippen LogP contribution in [0.5, 0.6) is 5.75 Å². The van der Waals surface area contributed by atoms with Crippen molar-refractivity contribution in [3.05, 3.63) is 65.7 Å². The summed E-state index contributed by atoms with van der Waals surface area (Å²) in [5.41, 5.74) is 0.988. The normalized spacial score (nSPS) is 25.7. The predicted molar refractivity (Wildman–Crippen MR) is 120 cm³/mol. The van der Waals surface area contributed by atoms with Crippen molar-refractivity contribution < 1.29 is 19.1 Å². The predicted octanol–water partition coefficient (Wildman–Crippen LogP) is 2.70. The van der Waals surface area contributed by atoms with Gasteiger partial charge in [-0.1, -0.05) is 17.7 Å². The van der Waals surface area contributed by atoms with E-state index in [1.54, 1.807) is 72.9 Å². The molecule has 2 aromatic carbocycles. The van der Waals surface area contributed by atoms with Gasteiger partial charge in [0.15, 0.2) is 0 Å². The van der Waals surface area contributed by atoms with E-state index in [1.165, 1.54) is 4.90 Å². The van der Waals surface area contributed by atoms with Crippen LogP contribution < -0.4 is 15.0 Å². The number of rotatable bonds is 4. The molecule has 2 fully saturated rings. The second kappa shape index (κ2) is 7.80. The summed E-state index contributed by atoms with van der Waals surface area (Å²) in [6.07, 6.45) is 5.09. The summed E-state index contributed by atoms with van der Waals surface area (Å²) in [6.45, 7) is 0. The van der Waals surface area contributed by atoms with Gasteiger partial charge in [0.2, 0.25) is 17.7 Å². The largest absolute Gasteiger partial charge is 0.497 e. The zero-order valence-electron chi connectivity index (χ0n) is 17.0. The van der Waals surface area contributed by atoms with Gasteiger partial charge in [-0.25, -0.2) is 4.90 Å². The molecule has 0 aromatic heterocycles. The highest BCUT2D eigenvalue weighted by molar-refractivity contribution is 6.30. The highest BCUT2D eigenvalue weighted by Crippen LogP contribution is 2.45. The van der Waals surface area contributed by atoms with Crippen molar-refractivity contribution in [1.29, 1.82) is 0 Å². The van der Waals surface area contributed by atoms with Crippen LogP contribution in [0.25, 0.3) is 0 Å². The van der Waals surface area contributed by atoms with Crippen molar-refractivity contribution in [2.75, 3.05) is 17.3 Å². The van der Waals surface area contributed by atoms with Crippen LogP contribution in [0.3, 0.4) is 0 Å². The minimum atomic E-state index is -0.929. The third-order valence-corrected chi connectivity index (χ3v) is 6.25. The SMILES string of the molecule is COc1ccc(N2C(=O)[C@@H]3[C@H](C2=O)[C@H](C(=O)Nc2ccc(Cl)cc2)N2N=CC=C[C@@H]32)cc1. The number of carbonyl (C=O) groups is 3. The maximum absolute atomic E-state index is 13.5. The number of nitrogens with zero attached hydrogens (tertiary/aromatic N) is 3. The number of allylic oxidation sites excluding steroid dienone is 1. The number of benzene rings is 2. The van der Waals surface area contributed by atoms with Crippen molar-refractivity contribution in [1.82, 2.24) is 5.01 Å². The molecule has 2 saturated heterocycles. The summed E-state index contributed by atoms with van der Waals surface area (Å²) < 4.78 is 5.16. The van der Waals surface area contributed by atoms with Crippen LogP contribution in [0.15, 0.2) is 65.8 Å². The Morgan fingerprint density at radius 1 is 1.03 bits per heavy atom. The molecule has 0 saturated carbocycles. The first kappa shape index (κ1) is 20.3. The molecular weight excluding hydrogens is 432 g/mol. The molecule has 3 heterocycles. The summed E-state index contributed by atoms with van der Waals surface area (Å²) in [5.74, 6) is -2.12. The molecule has 2 aromatic rings. The highest BCUT2D eigenvalue weighted by atomic mass is 35.5. The molecule has 9 heteroatoms. The average molecular weight is 451 g/mol. The molecule has 3 aliphatic heterocycles. The molecular formula is C23H19ClN4O4. The summed E-state index contributed by atoms with van der Waals surface area (Å²) in [4.78, 5) is 41.3. The summed E-state index contributed by atoms with van der Waals surface area (Å²) in [7, 11) is 1.54. The van der Waals surface area contributed by atoms with Crippen LogP contribution in [0.4, 0.5) is 11.4 Å². The number of ether oxygens (including phenoxy) is 1. The maximum atomic E-state index is 13.5. The lowest BCUT2D eigenvalue weighted by atomic mass is 9.88. The van der Waals surface area contributed by atoms with E-state index in [9.17, 15) is 14.4 Å². The molecule has 0 unspecified atom stereocenters. The smallest absolute Gasteiger partial charge is 0.249 e. The van der Waals surface area contributed by atoms with Crippen LogP contribution >= 0.6 is 11.6 Å². The van der Waals surface area contributed by atoms with E-state index < -0.39 is 35.7 Å². The fourth-order valence-corrected chi connectivity index (χ4v) is 4.70. The van der Waals surface area contributed by atoms with Gasteiger partial charge in [0.1, 0.15) is 11.8 Å². The zero-order valence-corrected chi connectivity index (χ0v) is 17.8. The van der Waals surface area contributed by atoms with E-state index in [2.05, 4.69) is 10.4 Å². The number of anilines is 2. The van der Waals surface area contributed by atoms with Crippen molar-refractivity contribution in [3.8, 4) is 5.75 Å². The van der Waals surface area contributed by atoms with Crippen molar-refractivity contribution in [2.45, 2.75) is 12.1 Å². The molecule has 8 nitrogen and oxygen atoms in total. The average Bonchev–Trinajstić information content (AvgIpc) is 3.28. The van der Waals surface area contributed by atoms with Crippen LogP contribution in [-0.4, -0.2) is 48.1 Å². The molecule has 3 aliphatic rings. The zero-order chi connectivity index (χ0) is 22.4. The minimum absolute atomic E-state index is 0.344. The molecule has 0 bridgehead atoms. The molecule has 0 radical (unpaired) electrons. The van der Waals surface area contributed by atoms with Gasteiger partial charge in [-0.3, -0.25) is 19.4 Å². The Labute approximate surface area is 189 Å². The van der Waals surface area contributed by atoms with Gasteiger partial charge < -0.3 is 10.1 Å². The Balaban J connectivity index is 1.49. The number of hydrogen-bond donors (Lipinski definition) is 1. The molecule has 4 atom stereocenters. The number of imide groups is 1. The summed E-state index contributed by atoms with van der Waals surface area (Å²) >= 11 is 5.92. The van der Waals surface area contributed by atoms with Crippen LogP contribution in [0.1, 0.15) is 0 Å². The lowest BCUT2D eigenvalue weighted by Crippen LogP contribution is -2.47. The van der Waals surface area contributed by atoms with Gasteiger partial charge in [-0.2, -0.15) is 5.10 Å². The van der Waals surface area contributed by atoms with Crippen molar-refractivity contribution in [3.63, 3.8) is 0 Å². The van der Waals surface area contributed by atoms with Gasteiger partial charge in [0.25, 0.3) is 0 Å². The number of amides is 3. The third kappa shape index (κ3) is 3.15. The van der Waals surface area contributed by atoms with E-state index in [-0.39, 0.29) is 5.91 Å². The summed E-state index contributed by atoms with van der Waals surface area (Å²) in [6, 6.07) is 12.0. The van der Waals surface area contributed by atoms with E-state index in [4.69, 9.17) is 16.3 Å². The maximum Gasteiger partial charge on any atom is 0.249 e. The Hall–Kier alpha value is -3.65. The third-order valence-electron chi connectivity index (χ3n) is 6.00. The standard InChI is InChI=1S/C23H19ClN4O4/c1-32-16-10-8-15(9-11-16)27-22(30)18-17-3-2-12-25-28(17)20(19(18)23(27)31)21(29)26-14-6-4-13(24)5-7-14/h2-12,17-20H,1H3,(H,26,29)/t17-,18-,19-,20+/m0/s1. The Bertz CT molecular complexity index is 1150. The molecule has 162 valence electrons. The first-order chi connectivity index (χ1) is 15.5. The van der Waals surface area contributed by atoms with Crippen LogP contribution in [0, 0.1) is 11.8 Å². The van der Waals surface area contributed by atoms with Gasteiger partial charge >= 0.3 is 0 Å². The number of halogens is 1. The number of hydrogen-bond acceptors (Lipinski definition) is 6. The number of nitrogens with one attached hydrogen (secondary N) is 1. The number of methoxy groups -OCH3 is 1. The molecule has 0 aliphatic carbocycles. The van der Waals surface area contributed by atoms with E-state index >= 15 is 0 Å². The second-order valence-corrected chi connectivity index (χ2v) is 8.16. The van der Waals surface area contributed by atoms with Crippen LogP contribution in [-0.2, 0) is 14.4 Å². The topological polar surface area (TPSA) is 91.3 Å². The molecule has 5 rings (SSSR count). The highest BCUT2D eigenvalue weighted by Gasteiger charge is 2.64. The van der Waals surface area contributed by atoms with Crippen molar-refractivity contribution >= 4 is 46.9 Å². The monoisotopic (exact) mass is 450 g/mol. The van der Waals surface area contributed by atoms with Gasteiger partial charge in [-0.15, -0.1) is 0 Å². The van der Waals surface area contributed by atoms with E-state index in [1.807, 2.05) is 6.08 Å². The fourth-order valence-electron chi connectivity index (χ4n) is 4.57. The minimum Gasteiger partial charge on any atom is -0.497 e. The first-order valence-corrected chi connectivity index (χ1v) is 10.4. The van der Waals surface area contributed by atoms with E-state index in [0.717, 1.165) is 0 Å². The lowest BCUT2D eigenvalue weighted by Gasteiger charge is -2.30. The molecule has 1 N–H and O–H groups in total. The molecule has 32 heavy (non-hydrogen) atoms. The van der Waals surface area contributed by atoms with Gasteiger partial charge in [0.05, 0.1) is 30.7 Å². The number of hydrazone groups is 1. The summed E-state index contributed by atoms with van der Waals surface area (Å²) in [5, 5.41) is 9.25. The van der Waals surface area contributed by atoms with E-state index in [0.29, 0.717) is 22.1 Å². The lowest BCUT2D eigenvalue weighted by molar-refractivity contribution is -0.129. The first-order valence-electron chi connectivity index (χ1n) is 10.1. The fraction of sp³-hybridized carbons (Fsp3) is 0.217. The Kier molecular flexibility index (Phi) is 4.94. The quantitative estimate of drug-likeness (QED) is 0.723. The molecule has 0 spiro atoms. The van der Waals surface area contributed by atoms with Gasteiger partial charge in [0, 0.05) is 16.9 Å². The Morgan fingerprint density at radius 2 is 1.72 bits per heavy atom. The van der Waals surface area contributed by atoms with Crippen LogP contribution in [0.2, 0.25) is 5.02 Å². The van der Waals surface area contributed by atoms with Crippen molar-refractivity contribution in [2.24, 2.45) is 16.9 Å². The number of carbonyl (C=O) groups excluding carboxylic acids is 3. The second-order valence-electron chi connectivity index (χ2n) is 7.72. The Morgan fingerprint density at radius 3 is 2.41 bits per heavy atom. The van der Waals surface area contributed by atoms with Gasteiger partial charge in [-0.05, 0) is 54.6 Å². The molecule has 3 amide bonds.